The Morgan fingerprint density at radius 3 is 2.61 bits per heavy atom. The molecule has 4 rings (SSSR count). The molecule has 0 radical (unpaired) electrons. The summed E-state index contributed by atoms with van der Waals surface area (Å²) in [6.45, 7) is 4.98. The van der Waals surface area contributed by atoms with Crippen LogP contribution in [0.2, 0.25) is 0 Å². The monoisotopic (exact) mass is 415 g/mol. The van der Waals surface area contributed by atoms with Crippen LogP contribution in [0.5, 0.6) is 0 Å². The lowest BCUT2D eigenvalue weighted by molar-refractivity contribution is -0.121. The quantitative estimate of drug-likeness (QED) is 0.502. The van der Waals surface area contributed by atoms with E-state index >= 15 is 0 Å². The summed E-state index contributed by atoms with van der Waals surface area (Å²) in [6, 6.07) is 15.6. The summed E-state index contributed by atoms with van der Waals surface area (Å²) in [7, 11) is 0. The number of carbonyl (C=O) groups is 1. The van der Waals surface area contributed by atoms with Crippen LogP contribution in [-0.4, -0.2) is 25.1 Å². The van der Waals surface area contributed by atoms with Gasteiger partial charge in [-0.15, -0.1) is 0 Å². The van der Waals surface area contributed by atoms with Gasteiger partial charge in [-0.25, -0.2) is 4.52 Å². The molecule has 7 nitrogen and oxygen atoms in total. The Kier molecular flexibility index (Phi) is 5.93. The first kappa shape index (κ1) is 20.5. The van der Waals surface area contributed by atoms with Crippen LogP contribution >= 0.6 is 0 Å². The Bertz CT molecular complexity index is 1240. The van der Waals surface area contributed by atoms with Gasteiger partial charge in [0.05, 0.1) is 17.9 Å². The predicted octanol–water partition coefficient (Wildman–Crippen LogP) is 3.39. The molecule has 3 heterocycles. The highest BCUT2D eigenvalue weighted by molar-refractivity contribution is 5.75. The summed E-state index contributed by atoms with van der Waals surface area (Å²) in [4.78, 5) is 29.2. The summed E-state index contributed by atoms with van der Waals surface area (Å²) in [5.74, 6) is 0.334. The number of hydrogen-bond donors (Lipinski definition) is 1. The van der Waals surface area contributed by atoms with Crippen molar-refractivity contribution in [3.8, 4) is 11.3 Å². The van der Waals surface area contributed by atoms with Gasteiger partial charge >= 0.3 is 0 Å². The molecule has 0 fully saturated rings. The molecule has 1 N–H and O–H groups in total. The Labute approximate surface area is 180 Å². The van der Waals surface area contributed by atoms with Crippen molar-refractivity contribution in [2.75, 3.05) is 0 Å². The SMILES string of the molecule is CC(C)c1ccc(-c2cc3c(=O)n(CCC(=O)NCc4ccccn4)ccn3n2)cc1. The molecule has 1 aromatic carbocycles. The largest absolute Gasteiger partial charge is 0.350 e. The zero-order valence-electron chi connectivity index (χ0n) is 17.7. The second-order valence-electron chi connectivity index (χ2n) is 7.78. The van der Waals surface area contributed by atoms with Gasteiger partial charge in [0.1, 0.15) is 5.52 Å². The molecule has 0 bridgehead atoms. The molecule has 0 spiro atoms. The lowest BCUT2D eigenvalue weighted by Gasteiger charge is -2.07. The van der Waals surface area contributed by atoms with Crippen molar-refractivity contribution >= 4 is 11.4 Å². The van der Waals surface area contributed by atoms with E-state index in [1.54, 1.807) is 33.7 Å². The summed E-state index contributed by atoms with van der Waals surface area (Å²) in [5, 5.41) is 7.36. The Morgan fingerprint density at radius 2 is 1.90 bits per heavy atom. The number of aromatic nitrogens is 4. The second-order valence-corrected chi connectivity index (χ2v) is 7.78. The smallest absolute Gasteiger partial charge is 0.276 e. The van der Waals surface area contributed by atoms with E-state index < -0.39 is 0 Å². The van der Waals surface area contributed by atoms with Gasteiger partial charge in [-0.05, 0) is 29.7 Å². The molecule has 0 saturated heterocycles. The predicted molar refractivity (Wildman–Crippen MR) is 120 cm³/mol. The number of nitrogens with one attached hydrogen (secondary N) is 1. The molecule has 0 saturated carbocycles. The normalized spacial score (nSPS) is 11.2. The molecule has 0 aliphatic carbocycles. The van der Waals surface area contributed by atoms with Crippen molar-refractivity contribution in [3.05, 3.63) is 88.7 Å². The first-order valence-electron chi connectivity index (χ1n) is 10.4. The maximum atomic E-state index is 12.9. The fourth-order valence-electron chi connectivity index (χ4n) is 3.38. The lowest BCUT2D eigenvalue weighted by atomic mass is 10.0. The summed E-state index contributed by atoms with van der Waals surface area (Å²) in [6.07, 6.45) is 5.31. The minimum absolute atomic E-state index is 0.128. The molecule has 0 unspecified atom stereocenters. The molecule has 31 heavy (non-hydrogen) atoms. The van der Waals surface area contributed by atoms with Crippen LogP contribution in [0.1, 0.15) is 37.4 Å². The number of hydrogen-bond acceptors (Lipinski definition) is 4. The number of aryl methyl sites for hydroxylation is 1. The molecule has 4 aromatic rings. The zero-order chi connectivity index (χ0) is 21.8. The maximum absolute atomic E-state index is 12.9. The van der Waals surface area contributed by atoms with E-state index in [9.17, 15) is 9.59 Å². The molecule has 1 amide bonds. The molecule has 3 aromatic heterocycles. The van der Waals surface area contributed by atoms with Crippen molar-refractivity contribution in [2.45, 2.75) is 39.3 Å². The van der Waals surface area contributed by atoms with Crippen molar-refractivity contribution < 1.29 is 4.79 Å². The number of benzene rings is 1. The minimum Gasteiger partial charge on any atom is -0.350 e. The van der Waals surface area contributed by atoms with Gasteiger partial charge < -0.3 is 9.88 Å². The molecule has 0 aliphatic heterocycles. The average molecular weight is 415 g/mol. The van der Waals surface area contributed by atoms with E-state index in [4.69, 9.17) is 0 Å². The molecule has 0 aliphatic rings. The highest BCUT2D eigenvalue weighted by Gasteiger charge is 2.11. The van der Waals surface area contributed by atoms with Crippen LogP contribution in [0.4, 0.5) is 0 Å². The van der Waals surface area contributed by atoms with Crippen molar-refractivity contribution in [1.82, 2.24) is 24.5 Å². The molecule has 7 heteroatoms. The van der Waals surface area contributed by atoms with Crippen LogP contribution in [-0.2, 0) is 17.9 Å². The highest BCUT2D eigenvalue weighted by Crippen LogP contribution is 2.22. The van der Waals surface area contributed by atoms with Crippen molar-refractivity contribution in [1.29, 1.82) is 0 Å². The second kappa shape index (κ2) is 8.95. The van der Waals surface area contributed by atoms with E-state index in [0.717, 1.165) is 17.0 Å². The molecular formula is C24H25N5O2. The Morgan fingerprint density at radius 1 is 1.10 bits per heavy atom. The van der Waals surface area contributed by atoms with Gasteiger partial charge in [-0.2, -0.15) is 5.10 Å². The Balaban J connectivity index is 1.45. The number of rotatable bonds is 7. The number of carbonyl (C=O) groups excluding carboxylic acids is 1. The fourth-order valence-corrected chi connectivity index (χ4v) is 3.38. The van der Waals surface area contributed by atoms with E-state index in [1.165, 1.54) is 5.56 Å². The molecular weight excluding hydrogens is 390 g/mol. The number of fused-ring (bicyclic) bond motifs is 1. The third-order valence-corrected chi connectivity index (χ3v) is 5.25. The maximum Gasteiger partial charge on any atom is 0.276 e. The number of pyridine rings is 1. The average Bonchev–Trinajstić information content (AvgIpc) is 3.23. The Hall–Kier alpha value is -3.74. The van der Waals surface area contributed by atoms with Crippen LogP contribution < -0.4 is 10.9 Å². The summed E-state index contributed by atoms with van der Waals surface area (Å²) < 4.78 is 3.13. The first-order valence-corrected chi connectivity index (χ1v) is 10.4. The van der Waals surface area contributed by atoms with Crippen molar-refractivity contribution in [3.63, 3.8) is 0 Å². The number of nitrogens with zero attached hydrogens (tertiary/aromatic N) is 4. The first-order chi connectivity index (χ1) is 15.0. The summed E-state index contributed by atoms with van der Waals surface area (Å²) >= 11 is 0. The molecule has 0 atom stereocenters. The van der Waals surface area contributed by atoms with Crippen LogP contribution in [0.15, 0.2) is 71.9 Å². The van der Waals surface area contributed by atoms with Crippen LogP contribution in [0.25, 0.3) is 16.8 Å². The van der Waals surface area contributed by atoms with E-state index in [-0.39, 0.29) is 17.9 Å². The van der Waals surface area contributed by atoms with Crippen LogP contribution in [0.3, 0.4) is 0 Å². The van der Waals surface area contributed by atoms with Gasteiger partial charge in [0, 0.05) is 37.1 Å². The third-order valence-electron chi connectivity index (χ3n) is 5.25. The van der Waals surface area contributed by atoms with Crippen LogP contribution in [0, 0.1) is 0 Å². The van der Waals surface area contributed by atoms with Gasteiger partial charge in [0.2, 0.25) is 5.91 Å². The lowest BCUT2D eigenvalue weighted by Crippen LogP contribution is -2.27. The van der Waals surface area contributed by atoms with Crippen molar-refractivity contribution in [2.24, 2.45) is 0 Å². The van der Waals surface area contributed by atoms with Gasteiger partial charge in [0.25, 0.3) is 5.56 Å². The van der Waals surface area contributed by atoms with E-state index in [1.807, 2.05) is 30.3 Å². The third kappa shape index (κ3) is 4.71. The number of amides is 1. The highest BCUT2D eigenvalue weighted by atomic mass is 16.2. The van der Waals surface area contributed by atoms with Gasteiger partial charge in [0.15, 0.2) is 0 Å². The van der Waals surface area contributed by atoms with Gasteiger partial charge in [-0.1, -0.05) is 44.2 Å². The van der Waals surface area contributed by atoms with E-state index in [2.05, 4.69) is 41.4 Å². The standard InChI is InChI=1S/C24H25N5O2/c1-17(2)18-6-8-19(9-7-18)21-15-22-24(31)28(13-14-29(22)27-21)12-10-23(30)26-16-20-5-3-4-11-25-20/h3-9,11,13-15,17H,10,12,16H2,1-2H3,(H,26,30). The topological polar surface area (TPSA) is 81.3 Å². The summed E-state index contributed by atoms with van der Waals surface area (Å²) in [5.41, 5.74) is 4.09. The van der Waals surface area contributed by atoms with Gasteiger partial charge in [-0.3, -0.25) is 14.6 Å². The van der Waals surface area contributed by atoms with E-state index in [0.29, 0.717) is 24.5 Å². The fraction of sp³-hybridized carbons (Fsp3) is 0.250. The molecule has 158 valence electrons. The zero-order valence-corrected chi connectivity index (χ0v) is 17.7. The minimum atomic E-state index is -0.169.